The Hall–Kier alpha value is -1.59. The first-order valence-corrected chi connectivity index (χ1v) is 5.93. The van der Waals surface area contributed by atoms with Gasteiger partial charge >= 0.3 is 0 Å². The summed E-state index contributed by atoms with van der Waals surface area (Å²) >= 11 is 0. The number of nitrogens with one attached hydrogen (secondary N) is 1. The minimum absolute atomic E-state index is 0. The zero-order valence-electron chi connectivity index (χ0n) is 11.0. The Kier molecular flexibility index (Phi) is 8.57. The van der Waals surface area contributed by atoms with Crippen molar-refractivity contribution in [1.29, 1.82) is 0 Å². The molecule has 0 radical (unpaired) electrons. The normalized spacial score (nSPS) is 9.53. The van der Waals surface area contributed by atoms with E-state index in [4.69, 9.17) is 5.73 Å². The zero-order valence-corrected chi connectivity index (χ0v) is 11.8. The van der Waals surface area contributed by atoms with Crippen molar-refractivity contribution in [2.45, 2.75) is 12.8 Å². The fourth-order valence-corrected chi connectivity index (χ4v) is 1.59. The molecule has 1 rings (SSSR count). The molecular formula is C13H20ClN3O2. The molecule has 3 N–H and O–H groups in total. The van der Waals surface area contributed by atoms with Gasteiger partial charge in [0.2, 0.25) is 11.8 Å². The number of anilines is 1. The summed E-state index contributed by atoms with van der Waals surface area (Å²) in [6.07, 6.45) is 0.560. The van der Waals surface area contributed by atoms with Crippen LogP contribution in [-0.2, 0) is 9.59 Å². The molecule has 1 aromatic rings. The van der Waals surface area contributed by atoms with Crippen LogP contribution in [0, 0.1) is 0 Å². The van der Waals surface area contributed by atoms with Gasteiger partial charge in [-0.1, -0.05) is 18.2 Å². The maximum atomic E-state index is 12.0. The van der Waals surface area contributed by atoms with Crippen molar-refractivity contribution in [3.63, 3.8) is 0 Å². The summed E-state index contributed by atoms with van der Waals surface area (Å²) in [6.45, 7) is 0.931. The lowest BCUT2D eigenvalue weighted by molar-refractivity contribution is -0.119. The second kappa shape index (κ2) is 9.35. The zero-order chi connectivity index (χ0) is 13.4. The van der Waals surface area contributed by atoms with Gasteiger partial charge in [-0.05, 0) is 19.2 Å². The molecule has 0 unspecified atom stereocenters. The number of hydrogen-bond donors (Lipinski definition) is 2. The van der Waals surface area contributed by atoms with E-state index in [0.29, 0.717) is 19.5 Å². The molecule has 106 valence electrons. The van der Waals surface area contributed by atoms with E-state index in [2.05, 4.69) is 5.32 Å². The van der Waals surface area contributed by atoms with Gasteiger partial charge in [0.25, 0.3) is 0 Å². The molecular weight excluding hydrogens is 266 g/mol. The first-order valence-electron chi connectivity index (χ1n) is 5.93. The molecule has 0 saturated carbocycles. The number of nitrogens with zero attached hydrogens (tertiary/aromatic N) is 1. The van der Waals surface area contributed by atoms with Crippen LogP contribution in [0.4, 0.5) is 5.69 Å². The highest BCUT2D eigenvalue weighted by molar-refractivity contribution is 5.94. The minimum atomic E-state index is -0.405. The van der Waals surface area contributed by atoms with E-state index in [9.17, 15) is 9.59 Å². The standard InChI is InChI=1S/C13H19N3O2.ClH/c1-15-9-7-13(18)16(10-8-12(14)17)11-5-3-2-4-6-11;/h2-6,15H,7-10H2,1H3,(H2,14,17);1H. The maximum absolute atomic E-state index is 12.0. The number of carbonyl (C=O) groups is 2. The van der Waals surface area contributed by atoms with Crippen molar-refractivity contribution < 1.29 is 9.59 Å². The highest BCUT2D eigenvalue weighted by Gasteiger charge is 2.15. The van der Waals surface area contributed by atoms with Crippen LogP contribution in [0.2, 0.25) is 0 Å². The van der Waals surface area contributed by atoms with E-state index < -0.39 is 5.91 Å². The largest absolute Gasteiger partial charge is 0.370 e. The Balaban J connectivity index is 0.00000324. The number of para-hydroxylation sites is 1. The van der Waals surface area contributed by atoms with E-state index in [0.717, 1.165) is 5.69 Å². The SMILES string of the molecule is CNCCC(=O)N(CCC(N)=O)c1ccccc1.Cl. The lowest BCUT2D eigenvalue weighted by Crippen LogP contribution is -2.35. The first-order chi connectivity index (χ1) is 8.65. The number of hydrogen-bond acceptors (Lipinski definition) is 3. The van der Waals surface area contributed by atoms with E-state index >= 15 is 0 Å². The van der Waals surface area contributed by atoms with Gasteiger partial charge in [-0.2, -0.15) is 0 Å². The number of halogens is 1. The summed E-state index contributed by atoms with van der Waals surface area (Å²) in [6, 6.07) is 9.29. The van der Waals surface area contributed by atoms with Crippen LogP contribution in [0.25, 0.3) is 0 Å². The van der Waals surface area contributed by atoms with Gasteiger partial charge in [0, 0.05) is 31.6 Å². The first kappa shape index (κ1) is 17.4. The van der Waals surface area contributed by atoms with Gasteiger partial charge in [-0.15, -0.1) is 12.4 Å². The van der Waals surface area contributed by atoms with Crippen LogP contribution >= 0.6 is 12.4 Å². The monoisotopic (exact) mass is 285 g/mol. The van der Waals surface area contributed by atoms with E-state index in [1.807, 2.05) is 30.3 Å². The van der Waals surface area contributed by atoms with Crippen LogP contribution < -0.4 is 16.0 Å². The molecule has 19 heavy (non-hydrogen) atoms. The molecule has 0 saturated heterocycles. The second-order valence-electron chi connectivity index (χ2n) is 3.95. The number of primary amides is 1. The Labute approximate surface area is 119 Å². The molecule has 2 amide bonds. The molecule has 0 atom stereocenters. The lowest BCUT2D eigenvalue weighted by atomic mass is 10.2. The van der Waals surface area contributed by atoms with Crippen molar-refractivity contribution in [2.24, 2.45) is 5.73 Å². The van der Waals surface area contributed by atoms with Gasteiger partial charge in [-0.25, -0.2) is 0 Å². The number of benzene rings is 1. The smallest absolute Gasteiger partial charge is 0.228 e. The molecule has 0 spiro atoms. The highest BCUT2D eigenvalue weighted by Crippen LogP contribution is 2.14. The third-order valence-corrected chi connectivity index (χ3v) is 2.54. The van der Waals surface area contributed by atoms with Crippen LogP contribution in [0.5, 0.6) is 0 Å². The average molecular weight is 286 g/mol. The van der Waals surface area contributed by atoms with E-state index in [-0.39, 0.29) is 24.7 Å². The molecule has 0 heterocycles. The third-order valence-electron chi connectivity index (χ3n) is 2.54. The predicted octanol–water partition coefficient (Wildman–Crippen LogP) is 0.926. The van der Waals surface area contributed by atoms with Gasteiger partial charge in [-0.3, -0.25) is 9.59 Å². The van der Waals surface area contributed by atoms with Gasteiger partial charge in [0.05, 0.1) is 0 Å². The van der Waals surface area contributed by atoms with Crippen molar-refractivity contribution in [1.82, 2.24) is 5.32 Å². The fraction of sp³-hybridized carbons (Fsp3) is 0.385. The van der Waals surface area contributed by atoms with E-state index in [1.165, 1.54) is 0 Å². The molecule has 5 nitrogen and oxygen atoms in total. The lowest BCUT2D eigenvalue weighted by Gasteiger charge is -2.22. The summed E-state index contributed by atoms with van der Waals surface area (Å²) < 4.78 is 0. The van der Waals surface area contributed by atoms with Crippen molar-refractivity contribution >= 4 is 29.9 Å². The summed E-state index contributed by atoms with van der Waals surface area (Å²) in [5.41, 5.74) is 5.92. The fourth-order valence-electron chi connectivity index (χ4n) is 1.59. The number of amides is 2. The number of rotatable bonds is 7. The molecule has 0 aliphatic rings. The highest BCUT2D eigenvalue weighted by atomic mass is 35.5. The predicted molar refractivity (Wildman–Crippen MR) is 78.4 cm³/mol. The second-order valence-corrected chi connectivity index (χ2v) is 3.95. The summed E-state index contributed by atoms with van der Waals surface area (Å²) in [5.74, 6) is -0.422. The molecule has 0 aliphatic heterocycles. The summed E-state index contributed by atoms with van der Waals surface area (Å²) in [7, 11) is 1.80. The Morgan fingerprint density at radius 3 is 2.37 bits per heavy atom. The minimum Gasteiger partial charge on any atom is -0.370 e. The van der Waals surface area contributed by atoms with Gasteiger partial charge in [0.1, 0.15) is 0 Å². The Morgan fingerprint density at radius 2 is 1.84 bits per heavy atom. The van der Waals surface area contributed by atoms with Gasteiger partial charge in [0.15, 0.2) is 0 Å². The molecule has 0 aliphatic carbocycles. The van der Waals surface area contributed by atoms with E-state index in [1.54, 1.807) is 11.9 Å². The van der Waals surface area contributed by atoms with Crippen LogP contribution in [0.3, 0.4) is 0 Å². The van der Waals surface area contributed by atoms with Crippen molar-refractivity contribution in [2.75, 3.05) is 25.0 Å². The maximum Gasteiger partial charge on any atom is 0.228 e. The molecule has 6 heteroatoms. The quantitative estimate of drug-likeness (QED) is 0.782. The summed E-state index contributed by atoms with van der Waals surface area (Å²) in [5, 5.41) is 2.93. The Morgan fingerprint density at radius 1 is 1.21 bits per heavy atom. The van der Waals surface area contributed by atoms with Crippen molar-refractivity contribution in [3.8, 4) is 0 Å². The topological polar surface area (TPSA) is 75.4 Å². The number of carbonyl (C=O) groups excluding carboxylic acids is 2. The number of nitrogens with two attached hydrogens (primary N) is 1. The molecule has 1 aromatic carbocycles. The summed E-state index contributed by atoms with van der Waals surface area (Å²) in [4.78, 5) is 24.5. The Bertz CT molecular complexity index is 398. The molecule has 0 bridgehead atoms. The average Bonchev–Trinajstić information content (AvgIpc) is 2.37. The molecule has 0 fully saturated rings. The van der Waals surface area contributed by atoms with Crippen LogP contribution in [0.1, 0.15) is 12.8 Å². The van der Waals surface area contributed by atoms with Gasteiger partial charge < -0.3 is 16.0 Å². The third kappa shape index (κ3) is 6.22. The molecule has 0 aromatic heterocycles. The van der Waals surface area contributed by atoms with Crippen molar-refractivity contribution in [3.05, 3.63) is 30.3 Å². The van der Waals surface area contributed by atoms with Crippen LogP contribution in [0.15, 0.2) is 30.3 Å². The van der Waals surface area contributed by atoms with Crippen LogP contribution in [-0.4, -0.2) is 32.0 Å².